The molecule has 292 valence electrons. The van der Waals surface area contributed by atoms with E-state index in [4.69, 9.17) is 0 Å². The number of halogens is 6. The van der Waals surface area contributed by atoms with Crippen LogP contribution in [0.1, 0.15) is 71.8 Å². The molecule has 18 heteroatoms. The predicted molar refractivity (Wildman–Crippen MR) is 194 cm³/mol. The van der Waals surface area contributed by atoms with Gasteiger partial charge in [0.25, 0.3) is 11.8 Å². The second kappa shape index (κ2) is 15.2. The molecular formula is C38H35F6N4NaO5S2. The molecule has 5 N–H and O–H groups in total. The van der Waals surface area contributed by atoms with Crippen molar-refractivity contribution in [1.82, 2.24) is 20.6 Å². The Kier molecular flexibility index (Phi) is 11.8. The van der Waals surface area contributed by atoms with Crippen molar-refractivity contribution >= 4 is 45.6 Å². The minimum Gasteiger partial charge on any atom is -0.870 e. The van der Waals surface area contributed by atoms with Crippen molar-refractivity contribution in [2.24, 2.45) is 11.8 Å². The quantitative estimate of drug-likeness (QED) is 0.133. The number of carbonyl (C=O) groups is 2. The van der Waals surface area contributed by atoms with Gasteiger partial charge in [0.2, 0.25) is 0 Å². The largest absolute Gasteiger partial charge is 1.00 e. The van der Waals surface area contributed by atoms with Crippen LogP contribution in [0, 0.1) is 25.7 Å². The first kappa shape index (κ1) is 43.4. The van der Waals surface area contributed by atoms with E-state index >= 15 is 0 Å². The Bertz CT molecular complexity index is 2090. The number of hydrogen-bond acceptors (Lipinski definition) is 9. The van der Waals surface area contributed by atoms with Gasteiger partial charge in [-0.1, -0.05) is 24.3 Å². The zero-order valence-corrected chi connectivity index (χ0v) is 34.4. The number of carbonyl (C=O) groups excluding carboxylic acids is 2. The Hall–Kier alpha value is -3.74. The summed E-state index contributed by atoms with van der Waals surface area (Å²) in [5.74, 6) is -0.298. The third-order valence-electron chi connectivity index (χ3n) is 10.4. The molecule has 2 aliphatic carbocycles. The monoisotopic (exact) mass is 828 g/mol. The maximum Gasteiger partial charge on any atom is 1.00 e. The molecule has 0 spiro atoms. The summed E-state index contributed by atoms with van der Waals surface area (Å²) >= 11 is 2.56. The van der Waals surface area contributed by atoms with E-state index in [9.17, 15) is 46.1 Å². The number of thiazole rings is 2. The molecule has 2 aromatic heterocycles. The molecule has 0 saturated heterocycles. The maximum atomic E-state index is 12.7. The molecule has 2 unspecified atom stereocenters. The molecule has 4 heterocycles. The fraction of sp³-hybridized carbons (Fsp3) is 0.368. The van der Waals surface area contributed by atoms with Crippen LogP contribution >= 0.6 is 22.7 Å². The third kappa shape index (κ3) is 7.90. The molecule has 2 atom stereocenters. The predicted octanol–water partition coefficient (Wildman–Crippen LogP) is 6.24. The van der Waals surface area contributed by atoms with Crippen molar-refractivity contribution in [2.75, 3.05) is 0 Å². The molecule has 0 bridgehead atoms. The van der Waals surface area contributed by atoms with E-state index < -0.39 is 34.6 Å². The molecule has 2 saturated carbocycles. The van der Waals surface area contributed by atoms with E-state index in [-0.39, 0.29) is 81.3 Å². The molecule has 2 aliphatic heterocycles. The Morgan fingerprint density at radius 1 is 0.643 bits per heavy atom. The SMILES string of the molecule is Cc1sc(-c2ccc(C(F)(F)F)cc2)nc1C1=C(O)C(C)(C2CC2)NC1=O.Cc1sc(-c2ccc(C(F)(F)F)cc2)nc1C1=C(O)C(C)(C2CC2)NC1=O.[Na+].[OH-]. The number of hydrogen-bond donors (Lipinski definition) is 4. The summed E-state index contributed by atoms with van der Waals surface area (Å²) in [6, 6.07) is 9.49. The summed E-state index contributed by atoms with van der Waals surface area (Å²) in [5, 5.41) is 28.2. The summed E-state index contributed by atoms with van der Waals surface area (Å²) < 4.78 is 76.4. The van der Waals surface area contributed by atoms with Gasteiger partial charge >= 0.3 is 41.9 Å². The van der Waals surface area contributed by atoms with Gasteiger partial charge in [-0.3, -0.25) is 9.59 Å². The Labute approximate surface area is 347 Å². The number of aromatic nitrogens is 2. The molecular weight excluding hydrogens is 794 g/mol. The fourth-order valence-corrected chi connectivity index (χ4v) is 8.76. The molecule has 2 aromatic carbocycles. The number of nitrogens with zero attached hydrogens (tertiary/aromatic N) is 2. The summed E-state index contributed by atoms with van der Waals surface area (Å²) in [6.45, 7) is 7.18. The van der Waals surface area contributed by atoms with Crippen molar-refractivity contribution in [2.45, 2.75) is 76.8 Å². The summed E-state index contributed by atoms with van der Waals surface area (Å²) in [4.78, 5) is 35.4. The van der Waals surface area contributed by atoms with Crippen molar-refractivity contribution < 1.29 is 81.2 Å². The molecule has 8 rings (SSSR count). The molecule has 9 nitrogen and oxygen atoms in total. The third-order valence-corrected chi connectivity index (χ3v) is 12.5. The molecule has 0 radical (unpaired) electrons. The van der Waals surface area contributed by atoms with Crippen LogP contribution in [-0.2, 0) is 21.9 Å². The van der Waals surface area contributed by atoms with E-state index in [1.165, 1.54) is 46.9 Å². The van der Waals surface area contributed by atoms with Crippen LogP contribution < -0.4 is 40.2 Å². The first-order chi connectivity index (χ1) is 25.2. The normalized spacial score (nSPS) is 22.2. The molecule has 4 aliphatic rings. The van der Waals surface area contributed by atoms with Gasteiger partial charge < -0.3 is 26.3 Å². The van der Waals surface area contributed by atoms with Crippen LogP contribution in [0.3, 0.4) is 0 Å². The number of aliphatic hydroxyl groups excluding tert-OH is 2. The van der Waals surface area contributed by atoms with Crippen LogP contribution in [0.2, 0.25) is 0 Å². The van der Waals surface area contributed by atoms with Gasteiger partial charge in [-0.25, -0.2) is 9.97 Å². The Balaban J connectivity index is 0.000000207. The van der Waals surface area contributed by atoms with Crippen LogP contribution in [0.4, 0.5) is 26.3 Å². The average Bonchev–Trinajstić information content (AvgIpc) is 4.03. The Morgan fingerprint density at radius 2 is 0.946 bits per heavy atom. The molecule has 4 aromatic rings. The number of alkyl halides is 6. The summed E-state index contributed by atoms with van der Waals surface area (Å²) in [5.41, 5.74) is -0.827. The van der Waals surface area contributed by atoms with Crippen molar-refractivity contribution in [3.05, 3.63) is 92.3 Å². The van der Waals surface area contributed by atoms with E-state index in [2.05, 4.69) is 20.6 Å². The smallest absolute Gasteiger partial charge is 0.870 e. The van der Waals surface area contributed by atoms with Gasteiger partial charge in [0.1, 0.15) is 32.7 Å². The van der Waals surface area contributed by atoms with Gasteiger partial charge in [0, 0.05) is 20.9 Å². The van der Waals surface area contributed by atoms with Crippen LogP contribution in [0.5, 0.6) is 0 Å². The number of nitrogens with one attached hydrogen (secondary N) is 2. The summed E-state index contributed by atoms with van der Waals surface area (Å²) in [7, 11) is 0. The van der Waals surface area contributed by atoms with E-state index in [1.54, 1.807) is 13.8 Å². The molecule has 2 amide bonds. The van der Waals surface area contributed by atoms with Crippen molar-refractivity contribution in [1.29, 1.82) is 0 Å². The van der Waals surface area contributed by atoms with Crippen molar-refractivity contribution in [3.8, 4) is 21.1 Å². The number of aryl methyl sites for hydroxylation is 2. The van der Waals surface area contributed by atoms with Gasteiger partial charge in [-0.2, -0.15) is 26.3 Å². The number of rotatable bonds is 6. The number of benzene rings is 2. The van der Waals surface area contributed by atoms with Gasteiger partial charge in [0.05, 0.1) is 33.6 Å². The van der Waals surface area contributed by atoms with Gasteiger partial charge in [0.15, 0.2) is 0 Å². The molecule has 56 heavy (non-hydrogen) atoms. The van der Waals surface area contributed by atoms with E-state index in [0.717, 1.165) is 59.7 Å². The van der Waals surface area contributed by atoms with Crippen LogP contribution in [-0.4, -0.2) is 48.5 Å². The van der Waals surface area contributed by atoms with E-state index in [1.807, 2.05) is 13.8 Å². The number of amides is 2. The Morgan fingerprint density at radius 3 is 1.21 bits per heavy atom. The maximum absolute atomic E-state index is 12.7. The summed E-state index contributed by atoms with van der Waals surface area (Å²) in [6.07, 6.45) is -5.01. The fourth-order valence-electron chi connectivity index (χ4n) is 6.91. The zero-order chi connectivity index (χ0) is 39.1. The number of aliphatic hydroxyl groups is 2. The van der Waals surface area contributed by atoms with Gasteiger partial charge in [-0.05, 0) is 89.5 Å². The standard InChI is InChI=1S/2C19H17F3N2O2S.Na.H2O/c2*1-9-14(13-15(25)18(2,11-7-8-11)24-16(13)26)23-17(27-9)10-3-5-12(6-4-10)19(20,21)22;;/h2*3-6,11,25H,7-8H2,1-2H3,(H,24,26);;1H2/q;;+1;/p-1. The minimum atomic E-state index is -4.39. The van der Waals surface area contributed by atoms with Crippen LogP contribution in [0.25, 0.3) is 32.3 Å². The first-order valence-electron chi connectivity index (χ1n) is 17.1. The minimum absolute atomic E-state index is 0. The second-order valence-corrected chi connectivity index (χ2v) is 16.7. The van der Waals surface area contributed by atoms with Gasteiger partial charge in [-0.15, -0.1) is 22.7 Å². The van der Waals surface area contributed by atoms with Crippen LogP contribution in [0.15, 0.2) is 60.0 Å². The van der Waals surface area contributed by atoms with Crippen molar-refractivity contribution in [3.63, 3.8) is 0 Å². The van der Waals surface area contributed by atoms with E-state index in [0.29, 0.717) is 32.5 Å². The topological polar surface area (TPSA) is 154 Å². The second-order valence-electron chi connectivity index (χ2n) is 14.3. The first-order valence-corrected chi connectivity index (χ1v) is 18.7. The average molecular weight is 829 g/mol. The molecule has 2 fully saturated rings. The zero-order valence-electron chi connectivity index (χ0n) is 30.7.